The molecular weight excluding hydrogens is 314 g/mol. The summed E-state index contributed by atoms with van der Waals surface area (Å²) in [5, 5.41) is 9.28. The Kier molecular flexibility index (Phi) is 4.09. The Labute approximate surface area is 138 Å². The maximum Gasteiger partial charge on any atom is 0.174 e. The lowest BCUT2D eigenvalue weighted by Crippen LogP contribution is -1.98. The average Bonchev–Trinajstić information content (AvgIpc) is 2.88. The van der Waals surface area contributed by atoms with E-state index in [2.05, 4.69) is 4.98 Å². The van der Waals surface area contributed by atoms with E-state index in [1.54, 1.807) is 13.2 Å². The number of halogens is 1. The summed E-state index contributed by atoms with van der Waals surface area (Å²) >= 11 is 6.03. The van der Waals surface area contributed by atoms with Crippen molar-refractivity contribution in [3.05, 3.63) is 41.4 Å². The van der Waals surface area contributed by atoms with Crippen LogP contribution in [0.25, 0.3) is 22.4 Å². The average molecular weight is 328 g/mol. The Morgan fingerprint density at radius 1 is 1.22 bits per heavy atom. The molecule has 1 aromatic heterocycles. The zero-order valence-electron chi connectivity index (χ0n) is 12.7. The van der Waals surface area contributed by atoms with Crippen LogP contribution in [0.3, 0.4) is 0 Å². The summed E-state index contributed by atoms with van der Waals surface area (Å²) < 4.78 is 12.7. The van der Waals surface area contributed by atoms with Crippen LogP contribution in [-0.2, 0) is 7.05 Å². The standard InChI is InChI=1S/C17H14ClN3O2/c1-21-14-5-4-12(18)10-13(14)20-17(21)11-3-6-15(23-8-7-19)16(9-11)22-2/h3-6,9-10H,8H2,1-2H3. The first-order valence-corrected chi connectivity index (χ1v) is 7.32. The summed E-state index contributed by atoms with van der Waals surface area (Å²) in [7, 11) is 3.51. The molecule has 0 bridgehead atoms. The maximum atomic E-state index is 8.62. The third-order valence-electron chi connectivity index (χ3n) is 3.56. The minimum Gasteiger partial charge on any atom is -0.493 e. The molecule has 0 atom stereocenters. The number of ether oxygens (including phenoxy) is 2. The highest BCUT2D eigenvalue weighted by molar-refractivity contribution is 6.31. The molecule has 0 N–H and O–H groups in total. The molecule has 116 valence electrons. The fourth-order valence-corrected chi connectivity index (χ4v) is 2.63. The van der Waals surface area contributed by atoms with Crippen molar-refractivity contribution in [1.82, 2.24) is 9.55 Å². The third kappa shape index (κ3) is 2.81. The quantitative estimate of drug-likeness (QED) is 0.731. The monoisotopic (exact) mass is 327 g/mol. The van der Waals surface area contributed by atoms with Gasteiger partial charge in [-0.15, -0.1) is 0 Å². The number of methoxy groups -OCH3 is 1. The van der Waals surface area contributed by atoms with Gasteiger partial charge in [-0.25, -0.2) is 4.98 Å². The number of aryl methyl sites for hydroxylation is 1. The highest BCUT2D eigenvalue weighted by Gasteiger charge is 2.13. The molecule has 2 aromatic carbocycles. The number of benzene rings is 2. The van der Waals surface area contributed by atoms with Crippen molar-refractivity contribution >= 4 is 22.6 Å². The van der Waals surface area contributed by atoms with Crippen molar-refractivity contribution in [1.29, 1.82) is 5.26 Å². The molecule has 0 saturated heterocycles. The van der Waals surface area contributed by atoms with Crippen molar-refractivity contribution in [3.63, 3.8) is 0 Å². The van der Waals surface area contributed by atoms with E-state index in [1.807, 2.05) is 48.0 Å². The highest BCUT2D eigenvalue weighted by atomic mass is 35.5. The molecule has 0 spiro atoms. The minimum atomic E-state index is -0.0273. The van der Waals surface area contributed by atoms with E-state index in [9.17, 15) is 0 Å². The molecule has 1 heterocycles. The normalized spacial score (nSPS) is 10.5. The summed E-state index contributed by atoms with van der Waals surface area (Å²) in [4.78, 5) is 4.64. The van der Waals surface area contributed by atoms with E-state index >= 15 is 0 Å². The molecule has 0 fully saturated rings. The van der Waals surface area contributed by atoms with Crippen molar-refractivity contribution in [2.24, 2.45) is 7.05 Å². The molecule has 0 unspecified atom stereocenters. The van der Waals surface area contributed by atoms with E-state index in [1.165, 1.54) is 0 Å². The van der Waals surface area contributed by atoms with Crippen LogP contribution in [0.15, 0.2) is 36.4 Å². The Hall–Kier alpha value is -2.71. The van der Waals surface area contributed by atoms with Crippen LogP contribution >= 0.6 is 11.6 Å². The predicted octanol–water partition coefficient (Wildman–Crippen LogP) is 3.80. The van der Waals surface area contributed by atoms with Gasteiger partial charge in [-0.2, -0.15) is 5.26 Å². The van der Waals surface area contributed by atoms with Crippen LogP contribution in [-0.4, -0.2) is 23.3 Å². The first kappa shape index (κ1) is 15.2. The molecule has 3 aromatic rings. The first-order valence-electron chi connectivity index (χ1n) is 6.94. The van der Waals surface area contributed by atoms with Gasteiger partial charge in [-0.1, -0.05) is 11.6 Å². The zero-order chi connectivity index (χ0) is 16.4. The molecular formula is C17H14ClN3O2. The minimum absolute atomic E-state index is 0.0273. The second-order valence-corrected chi connectivity index (χ2v) is 5.38. The number of nitriles is 1. The number of imidazole rings is 1. The van der Waals surface area contributed by atoms with Gasteiger partial charge in [0.05, 0.1) is 18.1 Å². The topological polar surface area (TPSA) is 60.1 Å². The van der Waals surface area contributed by atoms with Crippen LogP contribution < -0.4 is 9.47 Å². The van der Waals surface area contributed by atoms with E-state index in [4.69, 9.17) is 26.3 Å². The van der Waals surface area contributed by atoms with Gasteiger partial charge in [0.15, 0.2) is 18.1 Å². The number of nitrogens with zero attached hydrogens (tertiary/aromatic N) is 3. The van der Waals surface area contributed by atoms with Crippen molar-refractivity contribution in [2.45, 2.75) is 0 Å². The van der Waals surface area contributed by atoms with Crippen molar-refractivity contribution in [3.8, 4) is 29.0 Å². The number of hydrogen-bond donors (Lipinski definition) is 0. The summed E-state index contributed by atoms with van der Waals surface area (Å²) in [5.41, 5.74) is 2.72. The maximum absolute atomic E-state index is 8.62. The fourth-order valence-electron chi connectivity index (χ4n) is 2.47. The Balaban J connectivity index is 2.08. The molecule has 0 aliphatic rings. The van der Waals surface area contributed by atoms with E-state index in [0.29, 0.717) is 16.5 Å². The van der Waals surface area contributed by atoms with Crippen LogP contribution in [0.5, 0.6) is 11.5 Å². The second-order valence-electron chi connectivity index (χ2n) is 4.94. The summed E-state index contributed by atoms with van der Waals surface area (Å²) in [6, 6.07) is 13.1. The van der Waals surface area contributed by atoms with Crippen LogP contribution in [0, 0.1) is 11.3 Å². The van der Waals surface area contributed by atoms with Gasteiger partial charge in [0.25, 0.3) is 0 Å². The van der Waals surface area contributed by atoms with Gasteiger partial charge in [0.2, 0.25) is 0 Å². The molecule has 0 saturated carbocycles. The van der Waals surface area contributed by atoms with Crippen LogP contribution in [0.4, 0.5) is 0 Å². The SMILES string of the molecule is COc1cc(-c2nc3cc(Cl)ccc3n2C)ccc1OCC#N. The van der Waals surface area contributed by atoms with E-state index in [-0.39, 0.29) is 6.61 Å². The number of aromatic nitrogens is 2. The number of rotatable bonds is 4. The van der Waals surface area contributed by atoms with E-state index < -0.39 is 0 Å². The smallest absolute Gasteiger partial charge is 0.174 e. The van der Waals surface area contributed by atoms with Gasteiger partial charge in [-0.05, 0) is 36.4 Å². The molecule has 23 heavy (non-hydrogen) atoms. The van der Waals surface area contributed by atoms with E-state index in [0.717, 1.165) is 22.4 Å². The lowest BCUT2D eigenvalue weighted by Gasteiger charge is -2.10. The Bertz CT molecular complexity index is 912. The lowest BCUT2D eigenvalue weighted by molar-refractivity contribution is 0.330. The molecule has 0 aliphatic heterocycles. The molecule has 5 nitrogen and oxygen atoms in total. The number of fused-ring (bicyclic) bond motifs is 1. The summed E-state index contributed by atoms with van der Waals surface area (Å²) in [5.74, 6) is 1.88. The molecule has 0 radical (unpaired) electrons. The molecule has 6 heteroatoms. The van der Waals surface area contributed by atoms with Crippen molar-refractivity contribution < 1.29 is 9.47 Å². The lowest BCUT2D eigenvalue weighted by atomic mass is 10.2. The second kappa shape index (κ2) is 6.19. The first-order chi connectivity index (χ1) is 11.1. The Morgan fingerprint density at radius 2 is 2.04 bits per heavy atom. The van der Waals surface area contributed by atoms with Crippen LogP contribution in [0.1, 0.15) is 0 Å². The zero-order valence-corrected chi connectivity index (χ0v) is 13.5. The summed E-state index contributed by atoms with van der Waals surface area (Å²) in [6.45, 7) is -0.0273. The summed E-state index contributed by atoms with van der Waals surface area (Å²) in [6.07, 6.45) is 0. The van der Waals surface area contributed by atoms with Crippen LogP contribution in [0.2, 0.25) is 5.02 Å². The fraction of sp³-hybridized carbons (Fsp3) is 0.176. The van der Waals surface area contributed by atoms with Gasteiger partial charge in [0.1, 0.15) is 11.9 Å². The van der Waals surface area contributed by atoms with Gasteiger partial charge in [0, 0.05) is 17.6 Å². The van der Waals surface area contributed by atoms with Gasteiger partial charge in [-0.3, -0.25) is 0 Å². The predicted molar refractivity (Wildman–Crippen MR) is 88.8 cm³/mol. The third-order valence-corrected chi connectivity index (χ3v) is 3.79. The number of hydrogen-bond acceptors (Lipinski definition) is 4. The molecule has 3 rings (SSSR count). The van der Waals surface area contributed by atoms with Gasteiger partial charge < -0.3 is 14.0 Å². The van der Waals surface area contributed by atoms with Crippen molar-refractivity contribution in [2.75, 3.05) is 13.7 Å². The highest BCUT2D eigenvalue weighted by Crippen LogP contribution is 2.33. The molecule has 0 aliphatic carbocycles. The Morgan fingerprint density at radius 3 is 2.78 bits per heavy atom. The molecule has 0 amide bonds. The largest absolute Gasteiger partial charge is 0.493 e. The van der Waals surface area contributed by atoms with Gasteiger partial charge >= 0.3 is 0 Å².